The molecule has 4 aromatic heterocycles. The molecule has 4 spiro atoms. The lowest BCUT2D eigenvalue weighted by Crippen LogP contribution is -2.51. The molecule has 4 aliphatic carbocycles. The van der Waals surface area contributed by atoms with E-state index in [2.05, 4.69) is 148 Å². The molecule has 4 aromatic rings. The standard InChI is InChI=1S/C17H27N3O.C16H24ClN3.C16H25N3.C15H25N3S/c1-16(2,3)20-7-5-17(6-8-20)10-12-9-14(21-4)19-11-13(12)15(17)18;1-15(2,3)20-8-6-16(7-9-20)10-12-11(14(16)18)4-5-13(17)19-12;1-15(2,3)19-9-6-16(7-10-19)11-13-12(14(16)17)5-4-8-18-13;1-10-17-12-11(19-10)9-15(13(12)16)5-7-18(8-6-15)14(2,3)4/h9,11,15H,5-8,10,18H2,1-4H3;4-5,14H,6-10,18H2,1-3H3;4-5,8,14H,6-7,9-11,17H2,1-3H3;13H,5-9,16H2,1-4H3/t15-;2*14-;13-/m1111/s1. The Balaban J connectivity index is 0.000000128. The Morgan fingerprint density at radius 2 is 0.949 bits per heavy atom. The normalized spacial score (nSPS) is 26.1. The van der Waals surface area contributed by atoms with Crippen molar-refractivity contribution in [2.75, 3.05) is 59.5 Å². The SMILES string of the molecule is CC(C)(C)N1CCC2(CC1)Cc1nc(Cl)ccc1[C@H]2N.CC(C)(C)N1CCC2(CC1)Cc1ncccc1[C@H]2N.COc1cc2c(cn1)[C@@H](N)C1(CCN(C(C)(C)C)CC1)C2.Cc1nc2c(s1)CC1(CCN(C(C)(C)C)CC1)[C@@H]2N. The molecule has 79 heavy (non-hydrogen) atoms. The van der Waals surface area contributed by atoms with Crippen molar-refractivity contribution < 1.29 is 4.74 Å². The van der Waals surface area contributed by atoms with Crippen LogP contribution >= 0.6 is 22.9 Å². The van der Waals surface area contributed by atoms with Gasteiger partial charge < -0.3 is 27.7 Å². The van der Waals surface area contributed by atoms with Crippen molar-refractivity contribution in [3.8, 4) is 5.88 Å². The van der Waals surface area contributed by atoms with Crippen molar-refractivity contribution in [3.63, 3.8) is 0 Å². The van der Waals surface area contributed by atoms with E-state index in [9.17, 15) is 0 Å². The number of piperidine rings is 4. The summed E-state index contributed by atoms with van der Waals surface area (Å²) in [6.45, 7) is 38.8. The molecule has 15 heteroatoms. The fourth-order valence-corrected chi connectivity index (χ4v) is 16.5. The minimum absolute atomic E-state index is 0.115. The van der Waals surface area contributed by atoms with Crippen LogP contribution in [-0.2, 0) is 25.7 Å². The Kier molecular flexibility index (Phi) is 17.2. The number of nitrogens with zero attached hydrogens (tertiary/aromatic N) is 8. The van der Waals surface area contributed by atoms with Crippen LogP contribution in [0.15, 0.2) is 42.7 Å². The lowest BCUT2D eigenvalue weighted by atomic mass is 9.72. The van der Waals surface area contributed by atoms with Gasteiger partial charge in [0.25, 0.3) is 0 Å². The maximum atomic E-state index is 6.60. The molecular formula is C64H101ClN12OS. The van der Waals surface area contributed by atoms with Crippen LogP contribution < -0.4 is 27.7 Å². The van der Waals surface area contributed by atoms with Gasteiger partial charge in [0.1, 0.15) is 5.15 Å². The van der Waals surface area contributed by atoms with Gasteiger partial charge in [-0.15, -0.1) is 11.3 Å². The van der Waals surface area contributed by atoms with E-state index in [0.717, 1.165) is 83.5 Å². The van der Waals surface area contributed by atoms with Crippen LogP contribution in [0.3, 0.4) is 0 Å². The zero-order valence-electron chi connectivity index (χ0n) is 51.1. The van der Waals surface area contributed by atoms with Crippen molar-refractivity contribution in [3.05, 3.63) is 97.1 Å². The average Bonchev–Trinajstić information content (AvgIpc) is 4.35. The summed E-state index contributed by atoms with van der Waals surface area (Å²) in [6, 6.07) is 10.8. The van der Waals surface area contributed by atoms with Crippen molar-refractivity contribution in [2.45, 2.75) is 213 Å². The molecule has 4 atom stereocenters. The lowest BCUT2D eigenvalue weighted by Gasteiger charge is -2.47. The summed E-state index contributed by atoms with van der Waals surface area (Å²) in [4.78, 5) is 29.8. The molecule has 8 aliphatic rings. The largest absolute Gasteiger partial charge is 0.481 e. The first-order chi connectivity index (χ1) is 36.9. The van der Waals surface area contributed by atoms with Crippen LogP contribution in [0.2, 0.25) is 5.15 Å². The number of rotatable bonds is 1. The topological polar surface area (TPSA) is 178 Å². The van der Waals surface area contributed by atoms with Gasteiger partial charge in [0, 0.05) is 75.0 Å². The number of aromatic nitrogens is 4. The number of pyridine rings is 3. The molecule has 436 valence electrons. The molecule has 13 nitrogen and oxygen atoms in total. The van der Waals surface area contributed by atoms with E-state index in [4.69, 9.17) is 39.3 Å². The number of hydrogen-bond acceptors (Lipinski definition) is 14. The summed E-state index contributed by atoms with van der Waals surface area (Å²) in [6.07, 6.45) is 17.6. The fraction of sp³-hybridized carbons (Fsp3) is 0.719. The monoisotopic (exact) mass is 1120 g/mol. The average molecular weight is 1120 g/mol. The molecule has 0 bridgehead atoms. The van der Waals surface area contributed by atoms with Gasteiger partial charge in [0.15, 0.2) is 0 Å². The molecule has 8 N–H and O–H groups in total. The molecule has 4 fully saturated rings. The highest BCUT2D eigenvalue weighted by Crippen LogP contribution is 2.55. The summed E-state index contributed by atoms with van der Waals surface area (Å²) < 4.78 is 5.25. The van der Waals surface area contributed by atoms with Crippen molar-refractivity contribution in [2.24, 2.45) is 44.6 Å². The van der Waals surface area contributed by atoms with Gasteiger partial charge in [-0.3, -0.25) is 24.6 Å². The predicted octanol–water partition coefficient (Wildman–Crippen LogP) is 11.1. The summed E-state index contributed by atoms with van der Waals surface area (Å²) in [5, 5.41) is 1.75. The van der Waals surface area contributed by atoms with Gasteiger partial charge >= 0.3 is 0 Å². The predicted molar refractivity (Wildman–Crippen MR) is 326 cm³/mol. The number of methoxy groups -OCH3 is 1. The number of thiazole rings is 1. The fourth-order valence-electron chi connectivity index (χ4n) is 15.2. The minimum Gasteiger partial charge on any atom is -0.481 e. The molecule has 0 amide bonds. The smallest absolute Gasteiger partial charge is 0.213 e. The van der Waals surface area contributed by atoms with Crippen molar-refractivity contribution in [1.29, 1.82) is 0 Å². The molecule has 4 aliphatic heterocycles. The Morgan fingerprint density at radius 1 is 0.532 bits per heavy atom. The van der Waals surface area contributed by atoms with Crippen LogP contribution in [0.25, 0.3) is 0 Å². The van der Waals surface area contributed by atoms with Gasteiger partial charge in [-0.2, -0.15) is 0 Å². The van der Waals surface area contributed by atoms with Gasteiger partial charge in [-0.25, -0.2) is 15.0 Å². The number of hydrogen-bond donors (Lipinski definition) is 4. The third-order valence-corrected chi connectivity index (χ3v) is 22.0. The van der Waals surface area contributed by atoms with Gasteiger partial charge in [0.05, 0.1) is 23.9 Å². The van der Waals surface area contributed by atoms with Gasteiger partial charge in [-0.1, -0.05) is 23.7 Å². The second-order valence-electron chi connectivity index (χ2n) is 29.4. The van der Waals surface area contributed by atoms with Crippen molar-refractivity contribution in [1.82, 2.24) is 39.5 Å². The minimum atomic E-state index is 0.115. The zero-order valence-corrected chi connectivity index (χ0v) is 52.6. The maximum Gasteiger partial charge on any atom is 0.213 e. The van der Waals surface area contributed by atoms with Crippen LogP contribution in [0, 0.1) is 28.6 Å². The van der Waals surface area contributed by atoms with Crippen LogP contribution in [-0.4, -0.2) is 121 Å². The van der Waals surface area contributed by atoms with E-state index < -0.39 is 0 Å². The Hall–Kier alpha value is -3.15. The molecular weight excluding hydrogens is 1020 g/mol. The summed E-state index contributed by atoms with van der Waals surface area (Å²) in [5.41, 5.74) is 36.9. The zero-order chi connectivity index (χ0) is 57.3. The molecule has 0 saturated carbocycles. The molecule has 0 radical (unpaired) electrons. The summed E-state index contributed by atoms with van der Waals surface area (Å²) in [7, 11) is 1.67. The Labute approximate surface area is 485 Å². The van der Waals surface area contributed by atoms with Crippen LogP contribution in [0.5, 0.6) is 5.88 Å². The first-order valence-corrected chi connectivity index (χ1v) is 31.2. The quantitative estimate of drug-likeness (QED) is 0.133. The number of halogens is 1. The number of aryl methyl sites for hydroxylation is 1. The summed E-state index contributed by atoms with van der Waals surface area (Å²) >= 11 is 7.87. The van der Waals surface area contributed by atoms with E-state index in [0.29, 0.717) is 16.4 Å². The van der Waals surface area contributed by atoms with E-state index in [1.165, 1.54) is 95.1 Å². The van der Waals surface area contributed by atoms with E-state index in [-0.39, 0.29) is 62.6 Å². The second-order valence-corrected chi connectivity index (χ2v) is 31.0. The molecule has 4 saturated heterocycles. The van der Waals surface area contributed by atoms with Crippen LogP contribution in [0.4, 0.5) is 0 Å². The molecule has 0 aromatic carbocycles. The van der Waals surface area contributed by atoms with Crippen molar-refractivity contribution >= 4 is 22.9 Å². The highest BCUT2D eigenvalue weighted by atomic mass is 35.5. The number of nitrogens with two attached hydrogens (primary N) is 4. The Morgan fingerprint density at radius 3 is 1.38 bits per heavy atom. The first kappa shape index (κ1) is 60.4. The number of likely N-dealkylation sites (tertiary alicyclic amines) is 4. The number of fused-ring (bicyclic) bond motifs is 4. The van der Waals surface area contributed by atoms with Gasteiger partial charge in [-0.05, 0) is 275 Å². The first-order valence-electron chi connectivity index (χ1n) is 30.0. The number of ether oxygens (including phenoxy) is 1. The molecule has 12 rings (SSSR count). The van der Waals surface area contributed by atoms with E-state index >= 15 is 0 Å². The van der Waals surface area contributed by atoms with E-state index in [1.54, 1.807) is 7.11 Å². The highest BCUT2D eigenvalue weighted by molar-refractivity contribution is 7.11. The van der Waals surface area contributed by atoms with Gasteiger partial charge in [0.2, 0.25) is 5.88 Å². The third-order valence-electron chi connectivity index (χ3n) is 20.8. The molecule has 0 unspecified atom stereocenters. The lowest BCUT2D eigenvalue weighted by molar-refractivity contribution is 0.0341. The summed E-state index contributed by atoms with van der Waals surface area (Å²) in [5.74, 6) is 0.699. The second kappa shape index (κ2) is 22.4. The van der Waals surface area contributed by atoms with E-state index in [1.807, 2.05) is 35.9 Å². The highest BCUT2D eigenvalue weighted by Gasteiger charge is 2.52. The molecule has 8 heterocycles. The Bertz CT molecular complexity index is 2740. The maximum absolute atomic E-state index is 6.60. The van der Waals surface area contributed by atoms with Crippen LogP contribution in [0.1, 0.15) is 208 Å². The third kappa shape index (κ3) is 12.3.